The Morgan fingerprint density at radius 1 is 0.365 bits per heavy atom. The number of nitrogens with zero attached hydrogens (tertiary/aromatic N) is 2. The molecular weight excluding hydrogens is 637 g/mol. The number of benzene rings is 8. The van der Waals surface area contributed by atoms with E-state index in [4.69, 9.17) is 8.83 Å². The molecule has 0 N–H and O–H groups in total. The number of hydrogen-bond acceptors (Lipinski definition) is 3. The van der Waals surface area contributed by atoms with Crippen LogP contribution in [0.15, 0.2) is 179 Å². The van der Waals surface area contributed by atoms with E-state index in [1.54, 1.807) is 0 Å². The Morgan fingerprint density at radius 2 is 0.962 bits per heavy atom. The fourth-order valence-electron chi connectivity index (χ4n) is 8.78. The largest absolute Gasteiger partial charge is 0.456 e. The van der Waals surface area contributed by atoms with Gasteiger partial charge in [0.2, 0.25) is 0 Å². The average Bonchev–Trinajstić information content (AvgIpc) is 3.88. The Bertz CT molecular complexity index is 3290. The van der Waals surface area contributed by atoms with Crippen LogP contribution in [0.4, 0.5) is 17.1 Å². The lowest BCUT2D eigenvalue weighted by molar-refractivity contribution is 0.669. The van der Waals surface area contributed by atoms with Crippen molar-refractivity contribution in [2.45, 2.75) is 0 Å². The summed E-state index contributed by atoms with van der Waals surface area (Å²) in [5.74, 6) is 0. The van der Waals surface area contributed by atoms with E-state index in [9.17, 15) is 0 Å². The third kappa shape index (κ3) is 3.65. The number of hydrogen-bond donors (Lipinski definition) is 0. The van der Waals surface area contributed by atoms with Crippen molar-refractivity contribution in [2.75, 3.05) is 4.90 Å². The normalized spacial score (nSPS) is 12.2. The predicted octanol–water partition coefficient (Wildman–Crippen LogP) is 13.8. The molecule has 0 unspecified atom stereocenters. The maximum absolute atomic E-state index is 6.87. The minimum absolute atomic E-state index is 0.881. The van der Waals surface area contributed by atoms with Crippen molar-refractivity contribution in [1.82, 2.24) is 4.57 Å². The Labute approximate surface area is 297 Å². The molecule has 12 aromatic rings. The van der Waals surface area contributed by atoms with Gasteiger partial charge in [-0.05, 0) is 100 Å². The van der Waals surface area contributed by atoms with Crippen LogP contribution in [0, 0.1) is 0 Å². The molecule has 4 heteroatoms. The van der Waals surface area contributed by atoms with Gasteiger partial charge >= 0.3 is 0 Å². The molecule has 9 aromatic carbocycles. The van der Waals surface area contributed by atoms with Crippen molar-refractivity contribution in [3.63, 3.8) is 0 Å². The second kappa shape index (κ2) is 10.3. The van der Waals surface area contributed by atoms with Crippen molar-refractivity contribution in [3.05, 3.63) is 170 Å². The van der Waals surface area contributed by atoms with Gasteiger partial charge in [0, 0.05) is 55.1 Å². The molecule has 4 nitrogen and oxygen atoms in total. The fraction of sp³-hybridized carbons (Fsp3) is 0. The van der Waals surface area contributed by atoms with Gasteiger partial charge in [-0.3, -0.25) is 0 Å². The summed E-state index contributed by atoms with van der Waals surface area (Å²) in [4.78, 5) is 2.30. The lowest BCUT2D eigenvalue weighted by Crippen LogP contribution is -2.09. The van der Waals surface area contributed by atoms with Crippen LogP contribution >= 0.6 is 0 Å². The zero-order valence-electron chi connectivity index (χ0n) is 27.9. The third-order valence-electron chi connectivity index (χ3n) is 10.9. The number of rotatable bonds is 4. The van der Waals surface area contributed by atoms with E-state index in [-0.39, 0.29) is 0 Å². The highest BCUT2D eigenvalue weighted by atomic mass is 16.3. The molecule has 0 bridgehead atoms. The Kier molecular flexibility index (Phi) is 5.47. The standard InChI is InChI=1S/C48H28N2O2/c1-3-12-29(13-4-1)49(30-14-5-2-6-15-30)31-22-24-32(25-23-31)50-39-26-27-42-46-43-36(19-11-21-41(43)51-42)33-16-7-8-17-34(33)37-28-38-35-18-9-10-20-40(35)52-48(38)47(50)44(37)45(39)46/h1-28H. The Hall–Kier alpha value is -7.04. The number of para-hydroxylation sites is 3. The maximum Gasteiger partial charge on any atom is 0.160 e. The average molecular weight is 665 g/mol. The summed E-state index contributed by atoms with van der Waals surface area (Å²) in [6.07, 6.45) is 0. The van der Waals surface area contributed by atoms with Gasteiger partial charge in [-0.15, -0.1) is 0 Å². The van der Waals surface area contributed by atoms with E-state index >= 15 is 0 Å². The molecule has 242 valence electrons. The highest BCUT2D eigenvalue weighted by Gasteiger charge is 2.26. The van der Waals surface area contributed by atoms with Crippen molar-refractivity contribution in [3.8, 4) is 5.69 Å². The third-order valence-corrected chi connectivity index (χ3v) is 10.9. The quantitative estimate of drug-likeness (QED) is 0.188. The van der Waals surface area contributed by atoms with Gasteiger partial charge in [-0.2, -0.15) is 0 Å². The van der Waals surface area contributed by atoms with Gasteiger partial charge in [0.05, 0.1) is 11.0 Å². The van der Waals surface area contributed by atoms with Gasteiger partial charge in [0.15, 0.2) is 5.58 Å². The predicted molar refractivity (Wildman–Crippen MR) is 216 cm³/mol. The number of aromatic nitrogens is 1. The molecular formula is C48H28N2O2. The molecule has 0 fully saturated rings. The lowest BCUT2D eigenvalue weighted by Gasteiger charge is -2.25. The van der Waals surface area contributed by atoms with E-state index in [0.717, 1.165) is 77.7 Å². The first kappa shape index (κ1) is 27.7. The first-order chi connectivity index (χ1) is 25.8. The molecule has 0 aliphatic heterocycles. The van der Waals surface area contributed by atoms with E-state index in [2.05, 4.69) is 173 Å². The van der Waals surface area contributed by atoms with Crippen LogP contribution in [0.25, 0.3) is 92.9 Å². The topological polar surface area (TPSA) is 34.5 Å². The second-order valence-electron chi connectivity index (χ2n) is 13.6. The molecule has 0 saturated heterocycles. The zero-order chi connectivity index (χ0) is 33.9. The summed E-state index contributed by atoms with van der Waals surface area (Å²) in [5.41, 5.74) is 10.1. The summed E-state index contributed by atoms with van der Waals surface area (Å²) in [6.45, 7) is 0. The van der Waals surface area contributed by atoms with E-state index < -0.39 is 0 Å². The Balaban J connectivity index is 1.25. The molecule has 12 rings (SSSR count). The molecule has 0 amide bonds. The maximum atomic E-state index is 6.87. The van der Waals surface area contributed by atoms with E-state index in [0.29, 0.717) is 0 Å². The van der Waals surface area contributed by atoms with Crippen LogP contribution in [0.5, 0.6) is 0 Å². The van der Waals surface area contributed by atoms with E-state index in [1.807, 2.05) is 6.07 Å². The van der Waals surface area contributed by atoms with Gasteiger partial charge < -0.3 is 18.3 Å². The van der Waals surface area contributed by atoms with Crippen LogP contribution in [0.2, 0.25) is 0 Å². The summed E-state index contributed by atoms with van der Waals surface area (Å²) >= 11 is 0. The fourth-order valence-corrected chi connectivity index (χ4v) is 8.78. The number of fused-ring (bicyclic) bond motifs is 7. The monoisotopic (exact) mass is 664 g/mol. The number of anilines is 3. The molecule has 3 heterocycles. The summed E-state index contributed by atoms with van der Waals surface area (Å²) < 4.78 is 15.9. The molecule has 0 spiro atoms. The van der Waals surface area contributed by atoms with Crippen LogP contribution in [-0.2, 0) is 0 Å². The first-order valence-corrected chi connectivity index (χ1v) is 17.7. The first-order valence-electron chi connectivity index (χ1n) is 17.7. The lowest BCUT2D eigenvalue weighted by atomic mass is 9.93. The minimum Gasteiger partial charge on any atom is -0.456 e. The van der Waals surface area contributed by atoms with Crippen LogP contribution in [0.3, 0.4) is 0 Å². The molecule has 0 aliphatic carbocycles. The summed E-state index contributed by atoms with van der Waals surface area (Å²) in [6, 6.07) is 60.4. The van der Waals surface area contributed by atoms with Crippen LogP contribution in [-0.4, -0.2) is 4.57 Å². The van der Waals surface area contributed by atoms with Gasteiger partial charge in [-0.1, -0.05) is 91.0 Å². The van der Waals surface area contributed by atoms with Crippen LogP contribution in [0.1, 0.15) is 0 Å². The number of furan rings is 2. The molecule has 0 saturated carbocycles. The molecule has 0 atom stereocenters. The highest BCUT2D eigenvalue weighted by molar-refractivity contribution is 6.41. The zero-order valence-corrected chi connectivity index (χ0v) is 27.9. The van der Waals surface area contributed by atoms with Gasteiger partial charge in [-0.25, -0.2) is 0 Å². The highest BCUT2D eigenvalue weighted by Crippen LogP contribution is 2.50. The second-order valence-corrected chi connectivity index (χ2v) is 13.6. The smallest absolute Gasteiger partial charge is 0.160 e. The summed E-state index contributed by atoms with van der Waals surface area (Å²) in [5, 5.41) is 11.7. The van der Waals surface area contributed by atoms with Crippen molar-refractivity contribution in [1.29, 1.82) is 0 Å². The van der Waals surface area contributed by atoms with Gasteiger partial charge in [0.1, 0.15) is 16.7 Å². The summed E-state index contributed by atoms with van der Waals surface area (Å²) in [7, 11) is 0. The van der Waals surface area contributed by atoms with Crippen molar-refractivity contribution < 1.29 is 8.83 Å². The van der Waals surface area contributed by atoms with E-state index in [1.165, 1.54) is 32.3 Å². The molecule has 0 radical (unpaired) electrons. The SMILES string of the molecule is c1ccc(N(c2ccccc2)c2ccc(-n3c4ccc5oc6cccc7c8ccccc8c8cc9c%10ccccc%10oc9c3c8c4c5c67)cc2)cc1. The minimum atomic E-state index is 0.881. The van der Waals surface area contributed by atoms with Crippen molar-refractivity contribution in [2.24, 2.45) is 0 Å². The molecule has 52 heavy (non-hydrogen) atoms. The Morgan fingerprint density at radius 3 is 1.71 bits per heavy atom. The molecule has 0 aliphatic rings. The molecule has 3 aromatic heterocycles. The van der Waals surface area contributed by atoms with Gasteiger partial charge in [0.25, 0.3) is 0 Å². The van der Waals surface area contributed by atoms with Crippen LogP contribution < -0.4 is 4.90 Å². The van der Waals surface area contributed by atoms with Crippen molar-refractivity contribution >= 4 is 104 Å².